The summed E-state index contributed by atoms with van der Waals surface area (Å²) in [7, 11) is 6.98. The highest BCUT2D eigenvalue weighted by atomic mass is 16.5. The molecular weight excluding hydrogens is 981 g/mol. The molecule has 0 radical (unpaired) electrons. The smallest absolute Gasteiger partial charge is 0.124 e. The molecule has 6 aliphatic carbocycles. The predicted molar refractivity (Wildman–Crippen MR) is 318 cm³/mol. The molecule has 432 valence electrons. The van der Waals surface area contributed by atoms with Crippen LogP contribution in [0.5, 0.6) is 23.0 Å². The van der Waals surface area contributed by atoms with Gasteiger partial charge in [0.1, 0.15) is 23.0 Å². The third-order valence-electron chi connectivity index (χ3n) is 22.2. The molecule has 0 amide bonds. The summed E-state index contributed by atoms with van der Waals surface area (Å²) in [5.74, 6) is 4.00. The van der Waals surface area contributed by atoms with Crippen molar-refractivity contribution in [1.82, 2.24) is 0 Å². The van der Waals surface area contributed by atoms with Crippen LogP contribution in [0, 0.1) is 17.3 Å². The van der Waals surface area contributed by atoms with Gasteiger partial charge in [-0.3, -0.25) is 0 Å². The molecule has 0 saturated heterocycles. The summed E-state index contributed by atoms with van der Waals surface area (Å²) in [6.45, 7) is 6.65. The summed E-state index contributed by atoms with van der Waals surface area (Å²) in [4.78, 5) is 0. The van der Waals surface area contributed by atoms with E-state index in [9.17, 15) is 20.4 Å². The SMILES string of the molecule is COCc1cc(C2(c3cc(COC)c(O)c(C4CCCCC4)c3)CCC(C(C)(C)C3CCC(c4cc(COC)c(O)c(C5CCCCC5)c4)(c4cc(COC)c(O)c(C5CCCCC5)c4)CC3)CC2)cc(C2CCCCC2)c1O. The number of phenols is 4. The van der Waals surface area contributed by atoms with Crippen LogP contribution in [0.4, 0.5) is 0 Å². The molecule has 79 heavy (non-hydrogen) atoms. The van der Waals surface area contributed by atoms with Crippen molar-refractivity contribution in [2.24, 2.45) is 17.3 Å². The summed E-state index contributed by atoms with van der Waals surface area (Å²) in [6.07, 6.45) is 31.6. The van der Waals surface area contributed by atoms with Crippen LogP contribution in [0.15, 0.2) is 48.5 Å². The Bertz CT molecular complexity index is 2320. The molecule has 8 nitrogen and oxygen atoms in total. The quantitative estimate of drug-likeness (QED) is 0.0778. The van der Waals surface area contributed by atoms with E-state index in [1.54, 1.807) is 28.4 Å². The van der Waals surface area contributed by atoms with Gasteiger partial charge in [-0.1, -0.05) is 115 Å². The Morgan fingerprint density at radius 2 is 0.557 bits per heavy atom. The van der Waals surface area contributed by atoms with Gasteiger partial charge in [0, 0.05) is 61.5 Å². The lowest BCUT2D eigenvalue weighted by atomic mass is 9.52. The van der Waals surface area contributed by atoms with Crippen molar-refractivity contribution in [2.75, 3.05) is 28.4 Å². The monoisotopic (exact) mass is 1080 g/mol. The van der Waals surface area contributed by atoms with Crippen molar-refractivity contribution >= 4 is 0 Å². The maximum Gasteiger partial charge on any atom is 0.124 e. The first-order valence-electron chi connectivity index (χ1n) is 31.8. The lowest BCUT2D eigenvalue weighted by Crippen LogP contribution is -2.43. The van der Waals surface area contributed by atoms with E-state index < -0.39 is 0 Å². The topological polar surface area (TPSA) is 118 Å². The van der Waals surface area contributed by atoms with Gasteiger partial charge in [0.25, 0.3) is 0 Å². The summed E-state index contributed by atoms with van der Waals surface area (Å²) >= 11 is 0. The van der Waals surface area contributed by atoms with Gasteiger partial charge < -0.3 is 39.4 Å². The van der Waals surface area contributed by atoms with Gasteiger partial charge in [-0.15, -0.1) is 0 Å². The minimum Gasteiger partial charge on any atom is -0.507 e. The van der Waals surface area contributed by atoms with Crippen molar-refractivity contribution in [3.8, 4) is 23.0 Å². The number of phenolic OH excluding ortho intramolecular Hbond substituents is 4. The number of ether oxygens (including phenoxy) is 4. The van der Waals surface area contributed by atoms with Crippen molar-refractivity contribution in [3.05, 3.63) is 115 Å². The molecule has 4 aromatic rings. The molecule has 10 rings (SSSR count). The molecule has 0 heterocycles. The Labute approximate surface area is 475 Å². The first-order chi connectivity index (χ1) is 38.3. The Hall–Kier alpha value is -4.08. The van der Waals surface area contributed by atoms with Gasteiger partial charge >= 0.3 is 0 Å². The van der Waals surface area contributed by atoms with E-state index >= 15 is 0 Å². The summed E-state index contributed by atoms with van der Waals surface area (Å²) < 4.78 is 23.5. The Kier molecular flexibility index (Phi) is 18.8. The fourth-order valence-corrected chi connectivity index (χ4v) is 17.5. The average molecular weight is 1080 g/mol. The first kappa shape index (κ1) is 58.1. The Balaban J connectivity index is 1.03. The van der Waals surface area contributed by atoms with E-state index in [-0.39, 0.29) is 16.2 Å². The zero-order chi connectivity index (χ0) is 55.3. The fraction of sp³-hybridized carbons (Fsp3) is 0.662. The molecule has 0 aromatic heterocycles. The number of methoxy groups -OCH3 is 4. The van der Waals surface area contributed by atoms with Crippen LogP contribution in [-0.2, 0) is 56.2 Å². The Morgan fingerprint density at radius 3 is 0.759 bits per heavy atom. The maximum atomic E-state index is 12.1. The first-order valence-corrected chi connectivity index (χ1v) is 31.8. The molecule has 0 aliphatic heterocycles. The standard InChI is InChI=1S/C71H100O8/c1-69(2,55-27-31-70(32-28-55,57-35-51(43-76-3)65(72)61(39-57)47-19-11-7-12-20-47)58-36-52(44-77-4)66(73)62(40-58)48-21-13-8-14-22-48)56-29-33-71(34-30-56,59-37-53(45-78-5)67(74)63(41-59)49-23-15-9-16-24-49)60-38-54(46-79-6)68(75)64(42-60)50-25-17-10-18-26-50/h35-42,47-50,55-56,72-75H,7-34,43-46H2,1-6H3. The van der Waals surface area contributed by atoms with Crippen molar-refractivity contribution in [3.63, 3.8) is 0 Å². The van der Waals surface area contributed by atoms with Crippen molar-refractivity contribution in [2.45, 2.75) is 255 Å². The molecule has 6 aliphatic rings. The highest BCUT2D eigenvalue weighted by molar-refractivity contribution is 5.57. The van der Waals surface area contributed by atoms with Crippen LogP contribution in [-0.4, -0.2) is 48.9 Å². The summed E-state index contributed by atoms with van der Waals surface area (Å²) in [6, 6.07) is 18.9. The van der Waals surface area contributed by atoms with Crippen LogP contribution in [0.25, 0.3) is 0 Å². The van der Waals surface area contributed by atoms with E-state index in [1.165, 1.54) is 99.3 Å². The zero-order valence-corrected chi connectivity index (χ0v) is 49.6. The number of rotatable bonds is 18. The molecule has 0 unspecified atom stereocenters. The third-order valence-corrected chi connectivity index (χ3v) is 22.2. The second-order valence-electron chi connectivity index (χ2n) is 26.9. The van der Waals surface area contributed by atoms with E-state index in [0.29, 0.717) is 84.9 Å². The van der Waals surface area contributed by atoms with Gasteiger partial charge in [0.15, 0.2) is 0 Å². The van der Waals surface area contributed by atoms with Gasteiger partial charge in [-0.2, -0.15) is 0 Å². The second kappa shape index (κ2) is 25.6. The molecule has 0 spiro atoms. The van der Waals surface area contributed by atoms with Crippen molar-refractivity contribution < 1.29 is 39.4 Å². The van der Waals surface area contributed by atoms with E-state index in [1.807, 2.05) is 0 Å². The third kappa shape index (κ3) is 11.8. The number of aromatic hydroxyl groups is 4. The second-order valence-corrected chi connectivity index (χ2v) is 26.9. The minimum absolute atomic E-state index is 0.0536. The van der Waals surface area contributed by atoms with E-state index in [0.717, 1.165) is 147 Å². The molecule has 4 aromatic carbocycles. The minimum atomic E-state index is -0.322. The molecule has 6 saturated carbocycles. The van der Waals surface area contributed by atoms with Crippen molar-refractivity contribution in [1.29, 1.82) is 0 Å². The molecule has 8 heteroatoms. The number of hydrogen-bond donors (Lipinski definition) is 4. The van der Waals surface area contributed by atoms with E-state index in [2.05, 4.69) is 62.4 Å². The molecule has 4 N–H and O–H groups in total. The van der Waals surface area contributed by atoms with Gasteiger partial charge in [0.2, 0.25) is 0 Å². The molecular formula is C71H100O8. The Morgan fingerprint density at radius 1 is 0.342 bits per heavy atom. The molecule has 6 fully saturated rings. The lowest BCUT2D eigenvalue weighted by Gasteiger charge is -2.52. The maximum absolute atomic E-state index is 12.1. The van der Waals surface area contributed by atoms with Crippen LogP contribution in [0.2, 0.25) is 0 Å². The normalized spacial score (nSPS) is 21.6. The average Bonchev–Trinajstić information content (AvgIpc) is 3.67. The van der Waals surface area contributed by atoms with E-state index in [4.69, 9.17) is 18.9 Å². The van der Waals surface area contributed by atoms with Crippen LogP contribution in [0.3, 0.4) is 0 Å². The number of benzene rings is 4. The largest absolute Gasteiger partial charge is 0.507 e. The fourth-order valence-electron chi connectivity index (χ4n) is 17.5. The van der Waals surface area contributed by atoms with Gasteiger partial charge in [0.05, 0.1) is 26.4 Å². The lowest BCUT2D eigenvalue weighted by molar-refractivity contribution is 0.0363. The van der Waals surface area contributed by atoms with Gasteiger partial charge in [-0.25, -0.2) is 0 Å². The highest BCUT2D eigenvalue weighted by Crippen LogP contribution is 2.60. The molecule has 0 atom stereocenters. The number of hydrogen-bond acceptors (Lipinski definition) is 8. The highest BCUT2D eigenvalue weighted by Gasteiger charge is 2.49. The zero-order valence-electron chi connectivity index (χ0n) is 49.6. The summed E-state index contributed by atoms with van der Waals surface area (Å²) in [5.41, 5.74) is 12.5. The van der Waals surface area contributed by atoms with Crippen LogP contribution >= 0.6 is 0 Å². The predicted octanol–water partition coefficient (Wildman–Crippen LogP) is 18.0. The van der Waals surface area contributed by atoms with Crippen LogP contribution in [0.1, 0.15) is 284 Å². The molecule has 0 bridgehead atoms. The van der Waals surface area contributed by atoms with Crippen LogP contribution < -0.4 is 0 Å². The van der Waals surface area contributed by atoms with Gasteiger partial charge in [-0.05, 0) is 212 Å². The summed E-state index contributed by atoms with van der Waals surface area (Å²) in [5, 5.41) is 48.3.